The van der Waals surface area contributed by atoms with Gasteiger partial charge in [-0.3, -0.25) is 0 Å². The molecule has 0 spiro atoms. The third kappa shape index (κ3) is 5.23. The van der Waals surface area contributed by atoms with Crippen molar-refractivity contribution in [2.75, 3.05) is 0 Å². The Hall–Kier alpha value is 1.09. The molecule has 8 heavy (non-hydrogen) atoms. The fraction of sp³-hybridized carbons (Fsp3) is 1.00. The number of hydrogen-bond acceptors (Lipinski definition) is 0. The van der Waals surface area contributed by atoms with E-state index in [4.69, 9.17) is 8.92 Å². The van der Waals surface area contributed by atoms with Crippen LogP contribution in [0.5, 0.6) is 0 Å². The van der Waals surface area contributed by atoms with E-state index in [0.717, 1.165) is 0 Å². The Balaban J connectivity index is 2.92. The first-order valence-electron chi connectivity index (χ1n) is 3.31. The number of rotatable bonds is 4. The monoisotopic (exact) mass is 241 g/mol. The standard InChI is InChI=1S/2C3H7.ClH.Sn/c2*1-3-2;;/h2*1,3H2,2H3;1H;/q;;;+1/p-1. The van der Waals surface area contributed by atoms with Crippen LogP contribution in [-0.4, -0.2) is 18.6 Å². The summed E-state index contributed by atoms with van der Waals surface area (Å²) in [5, 5.41) is 0. The van der Waals surface area contributed by atoms with E-state index in [1.165, 1.54) is 21.7 Å². The van der Waals surface area contributed by atoms with E-state index in [0.29, 0.717) is 0 Å². The summed E-state index contributed by atoms with van der Waals surface area (Å²) in [6.45, 7) is 4.44. The van der Waals surface area contributed by atoms with Gasteiger partial charge >= 0.3 is 63.1 Å². The van der Waals surface area contributed by atoms with E-state index in [-0.39, 0.29) is 0 Å². The van der Waals surface area contributed by atoms with Gasteiger partial charge in [0, 0.05) is 0 Å². The summed E-state index contributed by atoms with van der Waals surface area (Å²) in [5.41, 5.74) is 0. The molecule has 49 valence electrons. The zero-order valence-electron chi connectivity index (χ0n) is 5.71. The van der Waals surface area contributed by atoms with Crippen LogP contribution in [0.4, 0.5) is 0 Å². The van der Waals surface area contributed by atoms with Gasteiger partial charge in [0.1, 0.15) is 0 Å². The summed E-state index contributed by atoms with van der Waals surface area (Å²) in [7, 11) is 6.08. The van der Waals surface area contributed by atoms with E-state index >= 15 is 0 Å². The van der Waals surface area contributed by atoms with Crippen LogP contribution in [0.25, 0.3) is 0 Å². The maximum absolute atomic E-state index is 6.08. The van der Waals surface area contributed by atoms with Crippen LogP contribution in [0, 0.1) is 0 Å². The Morgan fingerprint density at radius 2 is 1.50 bits per heavy atom. The van der Waals surface area contributed by atoms with Gasteiger partial charge in [-0.2, -0.15) is 0 Å². The van der Waals surface area contributed by atoms with Crippen molar-refractivity contribution in [3.05, 3.63) is 0 Å². The normalized spacial score (nSPS) is 10.5. The molecular formula is C6H14ClSn. The molecule has 1 radical (unpaired) electrons. The van der Waals surface area contributed by atoms with Crippen LogP contribution < -0.4 is 0 Å². The van der Waals surface area contributed by atoms with Gasteiger partial charge in [-0.1, -0.05) is 0 Å². The summed E-state index contributed by atoms with van der Waals surface area (Å²) in [4.78, 5) is 0. The third-order valence-corrected chi connectivity index (χ3v) is 9.53. The Morgan fingerprint density at radius 3 is 1.75 bits per heavy atom. The molecule has 0 aromatic rings. The second kappa shape index (κ2) is 6.21. The van der Waals surface area contributed by atoms with E-state index < -0.39 is 18.6 Å². The minimum absolute atomic E-state index is 1.21. The molecule has 0 rings (SSSR count). The van der Waals surface area contributed by atoms with Crippen molar-refractivity contribution in [3.8, 4) is 0 Å². The first-order valence-corrected chi connectivity index (χ1v) is 11.0. The molecule has 0 saturated heterocycles. The zero-order chi connectivity index (χ0) is 6.41. The Kier molecular flexibility index (Phi) is 7.06. The molecule has 0 aliphatic carbocycles. The van der Waals surface area contributed by atoms with E-state index in [2.05, 4.69) is 13.8 Å². The van der Waals surface area contributed by atoms with Gasteiger partial charge < -0.3 is 0 Å². The molecule has 0 amide bonds. The molecule has 0 aliphatic heterocycles. The number of halogens is 1. The maximum atomic E-state index is 6.08. The molecule has 0 saturated carbocycles. The van der Waals surface area contributed by atoms with Crippen molar-refractivity contribution in [2.45, 2.75) is 35.6 Å². The first-order chi connectivity index (χ1) is 3.81. The average molecular weight is 240 g/mol. The zero-order valence-corrected chi connectivity index (χ0v) is 9.32. The summed E-state index contributed by atoms with van der Waals surface area (Å²) < 4.78 is 2.75. The van der Waals surface area contributed by atoms with E-state index in [1.54, 1.807) is 0 Å². The van der Waals surface area contributed by atoms with E-state index in [9.17, 15) is 0 Å². The summed E-state index contributed by atoms with van der Waals surface area (Å²) in [5.74, 6) is 0. The molecule has 0 heterocycles. The SMILES string of the molecule is CC[CH2][Sn]([Cl])[CH2]CC. The van der Waals surface area contributed by atoms with Crippen LogP contribution in [-0.2, 0) is 0 Å². The number of hydrogen-bond donors (Lipinski definition) is 0. The molecule has 0 fully saturated rings. The Morgan fingerprint density at radius 1 is 1.12 bits per heavy atom. The first kappa shape index (κ1) is 9.09. The van der Waals surface area contributed by atoms with Gasteiger partial charge in [-0.15, -0.1) is 0 Å². The second-order valence-corrected chi connectivity index (χ2v) is 11.4. The van der Waals surface area contributed by atoms with E-state index in [1.807, 2.05) is 0 Å². The van der Waals surface area contributed by atoms with Crippen LogP contribution in [0.15, 0.2) is 0 Å². The molecule has 0 unspecified atom stereocenters. The van der Waals surface area contributed by atoms with Crippen molar-refractivity contribution < 1.29 is 0 Å². The molecule has 0 N–H and O–H groups in total. The molecule has 0 aromatic heterocycles. The fourth-order valence-corrected chi connectivity index (χ4v) is 7.01. The summed E-state index contributed by atoms with van der Waals surface area (Å²) in [6, 6.07) is 0. The molecule has 0 nitrogen and oxygen atoms in total. The fourth-order valence-electron chi connectivity index (χ4n) is 0.668. The summed E-state index contributed by atoms with van der Waals surface area (Å²) in [6.07, 6.45) is 2.61. The Bertz CT molecular complexity index is 41.8. The third-order valence-electron chi connectivity index (χ3n) is 1.04. The van der Waals surface area contributed by atoms with Crippen LogP contribution >= 0.6 is 8.92 Å². The molecule has 0 aromatic carbocycles. The Labute approximate surface area is 63.1 Å². The average Bonchev–Trinajstić information content (AvgIpc) is 1.68. The van der Waals surface area contributed by atoms with Crippen molar-refractivity contribution >= 4 is 27.6 Å². The predicted octanol–water partition coefficient (Wildman–Crippen LogP) is 3.04. The van der Waals surface area contributed by atoms with Crippen molar-refractivity contribution in [1.29, 1.82) is 0 Å². The van der Waals surface area contributed by atoms with Gasteiger partial charge in [0.15, 0.2) is 0 Å². The van der Waals surface area contributed by atoms with Gasteiger partial charge in [0.25, 0.3) is 0 Å². The molecule has 0 bridgehead atoms. The van der Waals surface area contributed by atoms with Crippen LogP contribution in [0.2, 0.25) is 8.87 Å². The van der Waals surface area contributed by atoms with Crippen LogP contribution in [0.1, 0.15) is 26.7 Å². The van der Waals surface area contributed by atoms with Gasteiger partial charge in [0.2, 0.25) is 0 Å². The summed E-state index contributed by atoms with van der Waals surface area (Å²) >= 11 is -1.21. The molecule has 2 heteroatoms. The van der Waals surface area contributed by atoms with Gasteiger partial charge in [-0.25, -0.2) is 0 Å². The van der Waals surface area contributed by atoms with Gasteiger partial charge in [-0.05, 0) is 0 Å². The van der Waals surface area contributed by atoms with Gasteiger partial charge in [0.05, 0.1) is 0 Å². The van der Waals surface area contributed by atoms with Crippen molar-refractivity contribution in [2.24, 2.45) is 0 Å². The minimum atomic E-state index is -1.21. The second-order valence-electron chi connectivity index (χ2n) is 2.02. The molecule has 0 aliphatic rings. The topological polar surface area (TPSA) is 0 Å². The van der Waals surface area contributed by atoms with Crippen LogP contribution in [0.3, 0.4) is 0 Å². The quantitative estimate of drug-likeness (QED) is 0.663. The van der Waals surface area contributed by atoms with Crippen molar-refractivity contribution in [1.82, 2.24) is 0 Å². The van der Waals surface area contributed by atoms with Crippen molar-refractivity contribution in [3.63, 3.8) is 0 Å². The predicted molar refractivity (Wildman–Crippen MR) is 41.8 cm³/mol. The molecule has 0 atom stereocenters. The molecular weight excluding hydrogens is 226 g/mol.